The molecule has 9 nitrogen and oxygen atoms in total. The minimum Gasteiger partial charge on any atom is -0.457 e. The fourth-order valence-corrected chi connectivity index (χ4v) is 7.12. The van der Waals surface area contributed by atoms with Gasteiger partial charge in [-0.2, -0.15) is 0 Å². The minimum atomic E-state index is -0.545. The van der Waals surface area contributed by atoms with Gasteiger partial charge in [0.25, 0.3) is 23.6 Å². The normalized spacial score (nSPS) is 15.8. The molecule has 270 valence electrons. The molecular weight excluding hydrogens is 656 g/mol. The predicted molar refractivity (Wildman–Crippen MR) is 199 cm³/mol. The summed E-state index contributed by atoms with van der Waals surface area (Å²) in [5.74, 6) is 2.08. The van der Waals surface area contributed by atoms with Gasteiger partial charge >= 0.3 is 0 Å². The fraction of sp³-hybridized carbons (Fsp3) is 0.349. The van der Waals surface area contributed by atoms with Crippen LogP contribution in [0.25, 0.3) is 0 Å². The Balaban J connectivity index is 1.07. The Morgan fingerprint density at radius 1 is 0.519 bits per heavy atom. The molecule has 6 rings (SSSR count). The molecular formula is C43H46N2O7. The zero-order chi connectivity index (χ0) is 37.4. The molecule has 0 saturated heterocycles. The lowest BCUT2D eigenvalue weighted by Gasteiger charge is -2.39. The summed E-state index contributed by atoms with van der Waals surface area (Å²) in [7, 11) is 0. The molecule has 0 radical (unpaired) electrons. The van der Waals surface area contributed by atoms with Crippen molar-refractivity contribution in [2.75, 3.05) is 0 Å². The average molecular weight is 703 g/mol. The van der Waals surface area contributed by atoms with Crippen molar-refractivity contribution in [2.45, 2.75) is 92.2 Å². The summed E-state index contributed by atoms with van der Waals surface area (Å²) in [5, 5.41) is 0. The Morgan fingerprint density at radius 3 is 1.31 bits per heavy atom. The highest BCUT2D eigenvalue weighted by molar-refractivity contribution is 6.22. The van der Waals surface area contributed by atoms with Crippen LogP contribution in [-0.2, 0) is 0 Å². The van der Waals surface area contributed by atoms with Crippen LogP contribution in [0.1, 0.15) is 122 Å². The van der Waals surface area contributed by atoms with Crippen LogP contribution in [0.15, 0.2) is 84.9 Å². The van der Waals surface area contributed by atoms with Crippen molar-refractivity contribution in [3.05, 3.63) is 107 Å². The number of amides is 4. The fourth-order valence-electron chi connectivity index (χ4n) is 7.12. The lowest BCUT2D eigenvalue weighted by Crippen LogP contribution is -2.48. The van der Waals surface area contributed by atoms with Gasteiger partial charge in [0.1, 0.15) is 34.5 Å². The number of imide groups is 2. The van der Waals surface area contributed by atoms with E-state index in [-0.39, 0.29) is 35.1 Å². The van der Waals surface area contributed by atoms with Gasteiger partial charge in [-0.25, -0.2) is 0 Å². The number of rotatable bonds is 14. The molecule has 2 heterocycles. The summed E-state index contributed by atoms with van der Waals surface area (Å²) in [5.41, 5.74) is 0.789. The summed E-state index contributed by atoms with van der Waals surface area (Å²) >= 11 is 0. The van der Waals surface area contributed by atoms with Crippen molar-refractivity contribution in [3.8, 4) is 34.5 Å². The summed E-state index contributed by atoms with van der Waals surface area (Å²) in [6.45, 7) is 14.2. The summed E-state index contributed by atoms with van der Waals surface area (Å²) in [6, 6.07) is 23.9. The Kier molecular flexibility index (Phi) is 9.99. The molecule has 0 fully saturated rings. The second kappa shape index (κ2) is 14.3. The van der Waals surface area contributed by atoms with Crippen LogP contribution in [0.4, 0.5) is 0 Å². The molecule has 2 unspecified atom stereocenters. The quantitative estimate of drug-likeness (QED) is 0.121. The molecule has 0 aromatic heterocycles. The van der Waals surface area contributed by atoms with Gasteiger partial charge < -0.3 is 14.2 Å². The third-order valence-electron chi connectivity index (χ3n) is 11.2. The van der Waals surface area contributed by atoms with Crippen molar-refractivity contribution in [2.24, 2.45) is 5.41 Å². The maximum Gasteiger partial charge on any atom is 0.262 e. The van der Waals surface area contributed by atoms with Crippen LogP contribution in [0.2, 0.25) is 0 Å². The second-order valence-corrected chi connectivity index (χ2v) is 14.2. The smallest absolute Gasteiger partial charge is 0.262 e. The van der Waals surface area contributed by atoms with Gasteiger partial charge in [-0.05, 0) is 130 Å². The van der Waals surface area contributed by atoms with Gasteiger partial charge in [0, 0.05) is 11.6 Å². The monoisotopic (exact) mass is 702 g/mol. The third kappa shape index (κ3) is 6.56. The lowest BCUT2D eigenvalue weighted by atomic mass is 9.76. The van der Waals surface area contributed by atoms with E-state index in [4.69, 9.17) is 14.2 Å². The zero-order valence-electron chi connectivity index (χ0n) is 30.9. The average Bonchev–Trinajstić information content (AvgIpc) is 3.55. The first-order valence-electron chi connectivity index (χ1n) is 18.1. The molecule has 0 aliphatic carbocycles. The van der Waals surface area contributed by atoms with E-state index >= 15 is 0 Å². The number of hydrogen-bond acceptors (Lipinski definition) is 7. The predicted octanol–water partition coefficient (Wildman–Crippen LogP) is 10.4. The Hall–Kier alpha value is -5.44. The van der Waals surface area contributed by atoms with E-state index in [1.54, 1.807) is 84.9 Å². The number of fused-ring (bicyclic) bond motifs is 2. The third-order valence-corrected chi connectivity index (χ3v) is 11.2. The largest absolute Gasteiger partial charge is 0.457 e. The molecule has 0 saturated carbocycles. The van der Waals surface area contributed by atoms with E-state index in [0.29, 0.717) is 69.6 Å². The standard InChI is InChI=1S/C43H46N2O7/c1-8-24-42(6,9-2)27(5)44-38(46)34-22-20-32(25-36(34)39(44)47)51-30-16-12-28(13-17-30)50-29-14-18-31(19-15-29)52-33-21-23-35-37(26-33)41(49)45(40(35)48)43(7,10-3)11-4/h12-23,25-27H,8-11,24H2,1-7H3. The van der Waals surface area contributed by atoms with Gasteiger partial charge in [0.05, 0.1) is 22.3 Å². The lowest BCUT2D eigenvalue weighted by molar-refractivity contribution is 0.0406. The van der Waals surface area contributed by atoms with E-state index in [0.717, 1.165) is 19.3 Å². The highest BCUT2D eigenvalue weighted by Gasteiger charge is 2.46. The highest BCUT2D eigenvalue weighted by Crippen LogP contribution is 2.40. The van der Waals surface area contributed by atoms with E-state index in [2.05, 4.69) is 20.8 Å². The van der Waals surface area contributed by atoms with E-state index in [1.165, 1.54) is 9.80 Å². The summed E-state index contributed by atoms with van der Waals surface area (Å²) in [4.78, 5) is 55.9. The Morgan fingerprint density at radius 2 is 0.885 bits per heavy atom. The molecule has 0 bridgehead atoms. The SMILES string of the molecule is CCCC(C)(CC)C(C)N1C(=O)c2ccc(Oc3ccc(Oc4ccc(Oc5ccc6c(c5)C(=O)N(C(C)(CC)CC)C6=O)cc4)cc3)cc2C1=O. The molecule has 4 aromatic carbocycles. The maximum atomic E-state index is 13.5. The number of carbonyl (C=O) groups excluding carboxylic acids is 4. The molecule has 9 heteroatoms. The van der Waals surface area contributed by atoms with Crippen molar-refractivity contribution in [1.82, 2.24) is 9.80 Å². The van der Waals surface area contributed by atoms with E-state index in [1.807, 2.05) is 27.7 Å². The first kappa shape index (κ1) is 36.4. The van der Waals surface area contributed by atoms with Crippen molar-refractivity contribution >= 4 is 23.6 Å². The molecule has 4 amide bonds. The molecule has 52 heavy (non-hydrogen) atoms. The van der Waals surface area contributed by atoms with Crippen LogP contribution in [-0.4, -0.2) is 45.0 Å². The van der Waals surface area contributed by atoms with Crippen molar-refractivity contribution in [3.63, 3.8) is 0 Å². The Bertz CT molecular complexity index is 2020. The number of benzene rings is 4. The van der Waals surface area contributed by atoms with Crippen LogP contribution >= 0.6 is 0 Å². The van der Waals surface area contributed by atoms with E-state index < -0.39 is 5.54 Å². The van der Waals surface area contributed by atoms with Gasteiger partial charge in [-0.3, -0.25) is 29.0 Å². The van der Waals surface area contributed by atoms with Crippen LogP contribution in [0.5, 0.6) is 34.5 Å². The van der Waals surface area contributed by atoms with Crippen LogP contribution in [0.3, 0.4) is 0 Å². The van der Waals surface area contributed by atoms with Gasteiger partial charge in [-0.1, -0.05) is 41.0 Å². The summed E-state index contributed by atoms with van der Waals surface area (Å²) < 4.78 is 18.1. The second-order valence-electron chi connectivity index (χ2n) is 14.2. The van der Waals surface area contributed by atoms with Crippen LogP contribution < -0.4 is 14.2 Å². The molecule has 2 aliphatic rings. The van der Waals surface area contributed by atoms with Crippen molar-refractivity contribution < 1.29 is 33.4 Å². The van der Waals surface area contributed by atoms with Crippen LogP contribution in [0, 0.1) is 5.41 Å². The Labute approximate surface area is 305 Å². The summed E-state index contributed by atoms with van der Waals surface area (Å²) in [6.07, 6.45) is 4.11. The number of nitrogens with zero attached hydrogens (tertiary/aromatic N) is 2. The molecule has 4 aromatic rings. The first-order valence-corrected chi connectivity index (χ1v) is 18.1. The van der Waals surface area contributed by atoms with E-state index in [9.17, 15) is 19.2 Å². The number of carbonyl (C=O) groups is 4. The molecule has 2 aliphatic heterocycles. The van der Waals surface area contributed by atoms with Gasteiger partial charge in [0.2, 0.25) is 0 Å². The van der Waals surface area contributed by atoms with Gasteiger partial charge in [0.15, 0.2) is 0 Å². The maximum absolute atomic E-state index is 13.5. The molecule has 0 spiro atoms. The minimum absolute atomic E-state index is 0.162. The topological polar surface area (TPSA) is 102 Å². The number of ether oxygens (including phenoxy) is 3. The molecule has 2 atom stereocenters. The highest BCUT2D eigenvalue weighted by atomic mass is 16.5. The molecule has 0 N–H and O–H groups in total. The first-order chi connectivity index (χ1) is 24.9. The zero-order valence-corrected chi connectivity index (χ0v) is 30.9. The number of hydrogen-bond donors (Lipinski definition) is 0. The van der Waals surface area contributed by atoms with Gasteiger partial charge in [-0.15, -0.1) is 0 Å². The van der Waals surface area contributed by atoms with Crippen molar-refractivity contribution in [1.29, 1.82) is 0 Å².